The number of nitro benzene ring substituents is 1. The number of carbonyl (C=O) groups excluding carboxylic acids is 2. The van der Waals surface area contributed by atoms with Crippen molar-refractivity contribution in [3.05, 3.63) is 57.1 Å². The Labute approximate surface area is 153 Å². The van der Waals surface area contributed by atoms with Gasteiger partial charge in [0, 0.05) is 5.02 Å². The van der Waals surface area contributed by atoms with Gasteiger partial charge in [-0.2, -0.15) is 0 Å². The molecule has 0 aromatic heterocycles. The van der Waals surface area contributed by atoms with E-state index in [0.29, 0.717) is 10.8 Å². The molecule has 0 aliphatic rings. The van der Waals surface area contributed by atoms with Gasteiger partial charge in [0.1, 0.15) is 17.2 Å². The fourth-order valence-corrected chi connectivity index (χ4v) is 2.30. The van der Waals surface area contributed by atoms with Crippen molar-refractivity contribution in [2.75, 3.05) is 19.0 Å². The summed E-state index contributed by atoms with van der Waals surface area (Å²) in [4.78, 5) is 34.2. The molecule has 0 bridgehead atoms. The predicted molar refractivity (Wildman–Crippen MR) is 95.2 cm³/mol. The predicted octanol–water partition coefficient (Wildman–Crippen LogP) is 3.48. The van der Waals surface area contributed by atoms with E-state index in [0.717, 1.165) is 0 Å². The molecule has 136 valence electrons. The summed E-state index contributed by atoms with van der Waals surface area (Å²) in [5, 5.41) is 13.9. The lowest BCUT2D eigenvalue weighted by Crippen LogP contribution is -2.21. The lowest BCUT2D eigenvalue weighted by atomic mass is 10.1. The maximum atomic E-state index is 12.1. The van der Waals surface area contributed by atoms with Crippen LogP contribution in [-0.4, -0.2) is 30.3 Å². The van der Waals surface area contributed by atoms with Crippen LogP contribution in [0.4, 0.5) is 11.4 Å². The molecular weight excluding hydrogens is 364 g/mol. The van der Waals surface area contributed by atoms with Crippen molar-refractivity contribution in [3.8, 4) is 11.5 Å². The highest BCUT2D eigenvalue weighted by Crippen LogP contribution is 2.29. The Kier molecular flexibility index (Phi) is 6.13. The molecule has 2 aromatic carbocycles. The molecule has 0 radical (unpaired) electrons. The van der Waals surface area contributed by atoms with Crippen LogP contribution in [0.1, 0.15) is 17.3 Å². The molecule has 0 saturated heterocycles. The molecule has 0 saturated carbocycles. The first kappa shape index (κ1) is 19.2. The maximum absolute atomic E-state index is 12.1. The SMILES string of the molecule is COc1ccc(NC(=O)COc2ccc(Cl)cc2C(C)=O)c([N+](=O)[O-])c1. The van der Waals surface area contributed by atoms with E-state index < -0.39 is 17.4 Å². The lowest BCUT2D eigenvalue weighted by Gasteiger charge is -2.11. The number of nitrogens with zero attached hydrogens (tertiary/aromatic N) is 1. The van der Waals surface area contributed by atoms with Crippen molar-refractivity contribution in [2.45, 2.75) is 6.92 Å². The third-order valence-corrected chi connectivity index (χ3v) is 3.59. The topological polar surface area (TPSA) is 108 Å². The van der Waals surface area contributed by atoms with Crippen LogP contribution in [0.25, 0.3) is 0 Å². The van der Waals surface area contributed by atoms with E-state index in [4.69, 9.17) is 21.1 Å². The summed E-state index contributed by atoms with van der Waals surface area (Å²) in [6.45, 7) is 0.907. The molecule has 0 fully saturated rings. The second-order valence-electron chi connectivity index (χ2n) is 5.17. The molecule has 0 atom stereocenters. The van der Waals surface area contributed by atoms with Crippen LogP contribution >= 0.6 is 11.6 Å². The number of hydrogen-bond donors (Lipinski definition) is 1. The third kappa shape index (κ3) is 4.70. The molecule has 0 aliphatic heterocycles. The second kappa shape index (κ2) is 8.30. The van der Waals surface area contributed by atoms with Gasteiger partial charge in [0.2, 0.25) is 0 Å². The van der Waals surface area contributed by atoms with Gasteiger partial charge in [0.15, 0.2) is 12.4 Å². The fourth-order valence-electron chi connectivity index (χ4n) is 2.13. The first-order valence-corrected chi connectivity index (χ1v) is 7.75. The minimum atomic E-state index is -0.633. The highest BCUT2D eigenvalue weighted by atomic mass is 35.5. The Bertz CT molecular complexity index is 868. The number of Topliss-reactive ketones (excluding diaryl/α,β-unsaturated/α-hetero) is 1. The summed E-state index contributed by atoms with van der Waals surface area (Å²) >= 11 is 5.84. The summed E-state index contributed by atoms with van der Waals surface area (Å²) in [7, 11) is 1.38. The monoisotopic (exact) mass is 378 g/mol. The summed E-state index contributed by atoms with van der Waals surface area (Å²) in [5.74, 6) is -0.407. The minimum Gasteiger partial charge on any atom is -0.496 e. The largest absolute Gasteiger partial charge is 0.496 e. The molecule has 26 heavy (non-hydrogen) atoms. The van der Waals surface area contributed by atoms with Gasteiger partial charge in [-0.05, 0) is 37.3 Å². The van der Waals surface area contributed by atoms with E-state index in [1.807, 2.05) is 0 Å². The van der Waals surface area contributed by atoms with E-state index >= 15 is 0 Å². The van der Waals surface area contributed by atoms with Gasteiger partial charge in [0.05, 0.1) is 23.7 Å². The lowest BCUT2D eigenvalue weighted by molar-refractivity contribution is -0.384. The Morgan fingerprint density at radius 1 is 1.23 bits per heavy atom. The maximum Gasteiger partial charge on any atom is 0.296 e. The summed E-state index contributed by atoms with van der Waals surface area (Å²) in [6.07, 6.45) is 0. The highest BCUT2D eigenvalue weighted by Gasteiger charge is 2.18. The molecule has 8 nitrogen and oxygen atoms in total. The Balaban J connectivity index is 2.11. The van der Waals surface area contributed by atoms with Gasteiger partial charge >= 0.3 is 0 Å². The number of methoxy groups -OCH3 is 1. The molecule has 1 N–H and O–H groups in total. The standard InChI is InChI=1S/C17H15ClN2O6/c1-10(21)13-7-11(18)3-6-16(13)26-9-17(22)19-14-5-4-12(25-2)8-15(14)20(23)24/h3-8H,9H2,1-2H3,(H,19,22). The van der Waals surface area contributed by atoms with E-state index in [-0.39, 0.29) is 28.5 Å². The first-order chi connectivity index (χ1) is 12.3. The molecule has 0 aliphatic carbocycles. The molecule has 0 unspecified atom stereocenters. The molecule has 0 heterocycles. The summed E-state index contributed by atoms with van der Waals surface area (Å²) < 4.78 is 10.3. The van der Waals surface area contributed by atoms with Gasteiger partial charge in [0.25, 0.3) is 11.6 Å². The fraction of sp³-hybridized carbons (Fsp3) is 0.176. The number of anilines is 1. The smallest absolute Gasteiger partial charge is 0.296 e. The van der Waals surface area contributed by atoms with Crippen LogP contribution < -0.4 is 14.8 Å². The number of nitro groups is 1. The second-order valence-corrected chi connectivity index (χ2v) is 5.61. The molecule has 2 rings (SSSR count). The van der Waals surface area contributed by atoms with Gasteiger partial charge in [-0.3, -0.25) is 19.7 Å². The zero-order valence-electron chi connectivity index (χ0n) is 13.9. The van der Waals surface area contributed by atoms with Crippen molar-refractivity contribution in [1.82, 2.24) is 0 Å². The number of hydrogen-bond acceptors (Lipinski definition) is 6. The summed E-state index contributed by atoms with van der Waals surface area (Å²) in [6, 6.07) is 8.47. The zero-order chi connectivity index (χ0) is 19.3. The first-order valence-electron chi connectivity index (χ1n) is 7.37. The van der Waals surface area contributed by atoms with E-state index in [1.165, 1.54) is 50.4 Å². The molecular formula is C17H15ClN2O6. The van der Waals surface area contributed by atoms with E-state index in [2.05, 4.69) is 5.32 Å². The number of carbonyl (C=O) groups is 2. The number of halogens is 1. The van der Waals surface area contributed by atoms with Crippen LogP contribution in [0, 0.1) is 10.1 Å². The van der Waals surface area contributed by atoms with Gasteiger partial charge in [-0.25, -0.2) is 0 Å². The van der Waals surface area contributed by atoms with Gasteiger partial charge < -0.3 is 14.8 Å². The van der Waals surface area contributed by atoms with E-state index in [9.17, 15) is 19.7 Å². The molecule has 1 amide bonds. The number of benzene rings is 2. The average Bonchev–Trinajstić information content (AvgIpc) is 2.60. The Morgan fingerprint density at radius 2 is 1.96 bits per heavy atom. The minimum absolute atomic E-state index is 0.00676. The Morgan fingerprint density at radius 3 is 2.58 bits per heavy atom. The third-order valence-electron chi connectivity index (χ3n) is 3.36. The van der Waals surface area contributed by atoms with Crippen LogP contribution in [0.15, 0.2) is 36.4 Å². The van der Waals surface area contributed by atoms with E-state index in [1.54, 1.807) is 0 Å². The van der Waals surface area contributed by atoms with Crippen LogP contribution in [-0.2, 0) is 4.79 Å². The van der Waals surface area contributed by atoms with Crippen molar-refractivity contribution in [1.29, 1.82) is 0 Å². The van der Waals surface area contributed by atoms with Crippen molar-refractivity contribution in [3.63, 3.8) is 0 Å². The quantitative estimate of drug-likeness (QED) is 0.449. The zero-order valence-corrected chi connectivity index (χ0v) is 14.7. The molecule has 9 heteroatoms. The van der Waals surface area contributed by atoms with Gasteiger partial charge in [-0.1, -0.05) is 11.6 Å². The van der Waals surface area contributed by atoms with Crippen LogP contribution in [0.3, 0.4) is 0 Å². The molecule has 0 spiro atoms. The number of ketones is 1. The van der Waals surface area contributed by atoms with Crippen molar-refractivity contribution < 1.29 is 24.0 Å². The van der Waals surface area contributed by atoms with Gasteiger partial charge in [-0.15, -0.1) is 0 Å². The highest BCUT2D eigenvalue weighted by molar-refractivity contribution is 6.31. The number of rotatable bonds is 7. The number of nitrogens with one attached hydrogen (secondary N) is 1. The van der Waals surface area contributed by atoms with Crippen molar-refractivity contribution in [2.24, 2.45) is 0 Å². The summed E-state index contributed by atoms with van der Waals surface area (Å²) in [5.41, 5.74) is -0.0679. The Hall–Kier alpha value is -3.13. The normalized spacial score (nSPS) is 10.1. The number of amides is 1. The molecule has 2 aromatic rings. The average molecular weight is 379 g/mol. The van der Waals surface area contributed by atoms with Crippen molar-refractivity contribution >= 4 is 34.7 Å². The van der Waals surface area contributed by atoms with Crippen LogP contribution in [0.5, 0.6) is 11.5 Å². The van der Waals surface area contributed by atoms with Crippen LogP contribution in [0.2, 0.25) is 5.02 Å². The number of ether oxygens (including phenoxy) is 2.